The van der Waals surface area contributed by atoms with Crippen LogP contribution in [0.3, 0.4) is 0 Å². The topological polar surface area (TPSA) is 204 Å². The first kappa shape index (κ1) is 24.5. The van der Waals surface area contributed by atoms with E-state index in [9.17, 15) is 24.1 Å². The molecule has 0 radical (unpaired) electrons. The van der Waals surface area contributed by atoms with Crippen LogP contribution in [-0.2, 0) is 23.8 Å². The molecule has 14 nitrogen and oxygen atoms in total. The summed E-state index contributed by atoms with van der Waals surface area (Å²) in [5, 5.41) is 16.6. The average molecular weight is 524 g/mol. The SMILES string of the molecule is CCO/N=C(\C(=O)NC1C(=O)N2C(C(=O)O)=C(SC)CS[C@H]12)c1nsc(NP(=O)(O)O)n1. The molecule has 32 heavy (non-hydrogen) atoms. The Labute approximate surface area is 193 Å². The van der Waals surface area contributed by atoms with E-state index in [0.29, 0.717) is 22.2 Å². The maximum Gasteiger partial charge on any atom is 0.429 e. The fourth-order valence-corrected chi connectivity index (χ4v) is 6.25. The van der Waals surface area contributed by atoms with Gasteiger partial charge in [0.15, 0.2) is 0 Å². The second-order valence-corrected chi connectivity index (χ2v) is 10.1. The maximum absolute atomic E-state index is 12.8. The number of amides is 2. The number of carboxylic acids is 1. The number of hydrogen-bond donors (Lipinski definition) is 5. The zero-order valence-electron chi connectivity index (χ0n) is 16.4. The Bertz CT molecular complexity index is 1060. The van der Waals surface area contributed by atoms with Gasteiger partial charge in [-0.05, 0) is 13.2 Å². The molecule has 2 aliphatic heterocycles. The van der Waals surface area contributed by atoms with Crippen molar-refractivity contribution in [2.75, 3.05) is 23.7 Å². The molecule has 1 aromatic rings. The Hall–Kier alpha value is -2.17. The fraction of sp³-hybridized carbons (Fsp3) is 0.429. The van der Waals surface area contributed by atoms with Crippen LogP contribution in [-0.4, -0.2) is 82.7 Å². The van der Waals surface area contributed by atoms with E-state index < -0.39 is 42.7 Å². The summed E-state index contributed by atoms with van der Waals surface area (Å²) in [5.41, 5.74) is -0.512. The molecule has 1 fully saturated rings. The molecule has 2 amide bonds. The molecule has 2 aliphatic rings. The minimum Gasteiger partial charge on any atom is -0.477 e. The highest BCUT2D eigenvalue weighted by molar-refractivity contribution is 8.05. The Morgan fingerprint density at radius 2 is 2.16 bits per heavy atom. The van der Waals surface area contributed by atoms with Gasteiger partial charge in [0.1, 0.15) is 23.7 Å². The van der Waals surface area contributed by atoms with Gasteiger partial charge in [0.05, 0.1) is 0 Å². The Morgan fingerprint density at radius 3 is 2.75 bits per heavy atom. The lowest BCUT2D eigenvalue weighted by molar-refractivity contribution is -0.150. The third-order valence-corrected chi connectivity index (χ3v) is 7.63. The van der Waals surface area contributed by atoms with Crippen LogP contribution in [0.1, 0.15) is 12.7 Å². The van der Waals surface area contributed by atoms with Gasteiger partial charge >= 0.3 is 13.7 Å². The molecule has 0 aliphatic carbocycles. The van der Waals surface area contributed by atoms with Crippen molar-refractivity contribution < 1.29 is 38.7 Å². The third-order valence-electron chi connectivity index (χ3n) is 4.05. The highest BCUT2D eigenvalue weighted by atomic mass is 32.2. The molecule has 1 unspecified atom stereocenters. The van der Waals surface area contributed by atoms with Crippen LogP contribution in [0.15, 0.2) is 15.8 Å². The van der Waals surface area contributed by atoms with E-state index in [1.54, 1.807) is 13.2 Å². The monoisotopic (exact) mass is 524 g/mol. The summed E-state index contributed by atoms with van der Waals surface area (Å²) >= 11 is 3.13. The summed E-state index contributed by atoms with van der Waals surface area (Å²) in [5.74, 6) is -2.59. The number of β-lactam (4-membered cyclic amide) rings is 1. The summed E-state index contributed by atoms with van der Waals surface area (Å²) in [6.07, 6.45) is 1.72. The van der Waals surface area contributed by atoms with Gasteiger partial charge in [-0.1, -0.05) is 5.16 Å². The first-order valence-corrected chi connectivity index (χ1v) is 13.4. The standard InChI is InChI=1S/C14H17N6O8PS3/c1-3-28-17-6(9-16-14(32-19-9)18-29(25,26)27)10(21)15-7-11(22)20-8(13(23)24)5(30-2)4-31-12(7)20/h7,12H,3-4H2,1-2H3,(H,15,21)(H,23,24)(H3,16,18,19,25,26,27)/b17-6-/t7?,12-/m1/s1. The van der Waals surface area contributed by atoms with Crippen LogP contribution in [0.4, 0.5) is 5.13 Å². The fourth-order valence-electron chi connectivity index (χ4n) is 2.76. The number of aliphatic carboxylic acids is 1. The number of hydrogen-bond acceptors (Lipinski definition) is 11. The van der Waals surface area contributed by atoms with Crippen molar-refractivity contribution in [2.45, 2.75) is 18.3 Å². The van der Waals surface area contributed by atoms with Crippen LogP contribution >= 0.6 is 42.8 Å². The number of carbonyl (C=O) groups is 3. The molecule has 5 N–H and O–H groups in total. The van der Waals surface area contributed by atoms with Crippen molar-refractivity contribution in [3.8, 4) is 0 Å². The van der Waals surface area contributed by atoms with Crippen molar-refractivity contribution in [3.05, 3.63) is 16.4 Å². The quantitative estimate of drug-likeness (QED) is 0.123. The number of nitrogens with one attached hydrogen (secondary N) is 2. The number of anilines is 1. The molecule has 3 rings (SSSR count). The highest BCUT2D eigenvalue weighted by Gasteiger charge is 2.54. The largest absolute Gasteiger partial charge is 0.477 e. The van der Waals surface area contributed by atoms with E-state index in [4.69, 9.17) is 14.6 Å². The van der Waals surface area contributed by atoms with Crippen molar-refractivity contribution >= 4 is 71.4 Å². The van der Waals surface area contributed by atoms with E-state index in [0.717, 1.165) is 4.90 Å². The van der Waals surface area contributed by atoms with Crippen LogP contribution < -0.4 is 10.4 Å². The molecule has 0 saturated carbocycles. The lowest BCUT2D eigenvalue weighted by Crippen LogP contribution is -2.71. The zero-order valence-corrected chi connectivity index (χ0v) is 19.8. The number of fused-ring (bicyclic) bond motifs is 1. The van der Waals surface area contributed by atoms with Crippen LogP contribution in [0.25, 0.3) is 0 Å². The van der Waals surface area contributed by atoms with Gasteiger partial charge in [0, 0.05) is 22.2 Å². The third kappa shape index (κ3) is 5.07. The zero-order chi connectivity index (χ0) is 23.6. The molecule has 3 heterocycles. The lowest BCUT2D eigenvalue weighted by Gasteiger charge is -2.49. The smallest absolute Gasteiger partial charge is 0.429 e. The number of aromatic nitrogens is 2. The Balaban J connectivity index is 1.79. The Kier molecular flexibility index (Phi) is 7.46. The second kappa shape index (κ2) is 9.76. The molecular formula is C14H17N6O8PS3. The first-order chi connectivity index (χ1) is 15.1. The summed E-state index contributed by atoms with van der Waals surface area (Å²) in [6.45, 7) is 1.72. The maximum atomic E-state index is 12.8. The van der Waals surface area contributed by atoms with Gasteiger partial charge in [-0.3, -0.25) is 19.6 Å². The predicted octanol–water partition coefficient (Wildman–Crippen LogP) is -0.158. The summed E-state index contributed by atoms with van der Waals surface area (Å²) in [7, 11) is -4.63. The Morgan fingerprint density at radius 1 is 1.44 bits per heavy atom. The van der Waals surface area contributed by atoms with Gasteiger partial charge in [-0.2, -0.15) is 9.36 Å². The summed E-state index contributed by atoms with van der Waals surface area (Å²) in [4.78, 5) is 65.5. The predicted molar refractivity (Wildman–Crippen MR) is 117 cm³/mol. The molecule has 1 aromatic heterocycles. The van der Waals surface area contributed by atoms with Crippen molar-refractivity contribution in [1.82, 2.24) is 19.6 Å². The minimum absolute atomic E-state index is 0.103. The van der Waals surface area contributed by atoms with Crippen molar-refractivity contribution in [3.63, 3.8) is 0 Å². The molecule has 174 valence electrons. The molecule has 0 spiro atoms. The number of carbonyl (C=O) groups excluding carboxylic acids is 2. The van der Waals surface area contributed by atoms with E-state index in [1.165, 1.54) is 23.5 Å². The van der Waals surface area contributed by atoms with Crippen molar-refractivity contribution in [1.29, 1.82) is 0 Å². The average Bonchev–Trinajstić information content (AvgIpc) is 3.17. The van der Waals surface area contributed by atoms with E-state index in [2.05, 4.69) is 19.8 Å². The molecule has 0 aromatic carbocycles. The first-order valence-electron chi connectivity index (χ1n) is 8.71. The summed E-state index contributed by atoms with van der Waals surface area (Å²) < 4.78 is 14.9. The molecule has 2 atom stereocenters. The van der Waals surface area contributed by atoms with E-state index in [1.807, 2.05) is 5.09 Å². The van der Waals surface area contributed by atoms with Gasteiger partial charge in [-0.15, -0.1) is 23.5 Å². The van der Waals surface area contributed by atoms with Gasteiger partial charge < -0.3 is 25.0 Å². The second-order valence-electron chi connectivity index (χ2n) is 6.08. The van der Waals surface area contributed by atoms with Gasteiger partial charge in [-0.25, -0.2) is 9.36 Å². The minimum atomic E-state index is -4.63. The van der Waals surface area contributed by atoms with Crippen molar-refractivity contribution in [2.24, 2.45) is 5.16 Å². The van der Waals surface area contributed by atoms with Crippen LogP contribution in [0.5, 0.6) is 0 Å². The number of nitrogens with zero attached hydrogens (tertiary/aromatic N) is 4. The highest BCUT2D eigenvalue weighted by Crippen LogP contribution is 2.42. The lowest BCUT2D eigenvalue weighted by atomic mass is 10.0. The van der Waals surface area contributed by atoms with E-state index in [-0.39, 0.29) is 23.3 Å². The van der Waals surface area contributed by atoms with Gasteiger partial charge in [0.25, 0.3) is 11.8 Å². The number of rotatable bonds is 9. The molecule has 1 saturated heterocycles. The molecular weight excluding hydrogens is 507 g/mol. The number of carboxylic acid groups (broad SMARTS) is 1. The number of thioether (sulfide) groups is 2. The summed E-state index contributed by atoms with van der Waals surface area (Å²) in [6, 6.07) is -1.01. The van der Waals surface area contributed by atoms with Crippen LogP contribution in [0, 0.1) is 0 Å². The van der Waals surface area contributed by atoms with E-state index >= 15 is 0 Å². The number of oxime groups is 1. The molecule has 18 heteroatoms. The van der Waals surface area contributed by atoms with Gasteiger partial charge in [0.2, 0.25) is 16.7 Å². The molecule has 0 bridgehead atoms. The normalized spacial score (nSPS) is 21.1. The van der Waals surface area contributed by atoms with Crippen LogP contribution in [0.2, 0.25) is 0 Å².